The summed E-state index contributed by atoms with van der Waals surface area (Å²) in [5.74, 6) is -0.883. The Morgan fingerprint density at radius 2 is 1.88 bits per heavy atom. The fraction of sp³-hybridized carbons (Fsp3) is 0.389. The molecule has 0 fully saturated rings. The number of carbonyl (C=O) groups is 2. The van der Waals surface area contributed by atoms with Gasteiger partial charge in [-0.05, 0) is 58.9 Å². The molecule has 0 aliphatic rings. The van der Waals surface area contributed by atoms with E-state index in [0.717, 1.165) is 0 Å². The zero-order valence-electron chi connectivity index (χ0n) is 14.6. The molecule has 1 aromatic carbocycles. The van der Waals surface area contributed by atoms with Gasteiger partial charge in [0.2, 0.25) is 0 Å². The molecule has 1 aromatic heterocycles. The highest BCUT2D eigenvalue weighted by atomic mass is 16.6. The normalized spacial score (nSPS) is 11.2. The Morgan fingerprint density at radius 3 is 2.50 bits per heavy atom. The van der Waals surface area contributed by atoms with Gasteiger partial charge in [-0.15, -0.1) is 0 Å². The number of hydrogen-bond acceptors (Lipinski definition) is 5. The largest absolute Gasteiger partial charge is 0.461 e. The first-order chi connectivity index (χ1) is 11.2. The number of aryl methyl sites for hydroxylation is 1. The van der Waals surface area contributed by atoms with E-state index in [1.54, 1.807) is 44.2 Å². The number of nitrogens with zero attached hydrogens (tertiary/aromatic N) is 2. The molecule has 0 bridgehead atoms. The van der Waals surface area contributed by atoms with Crippen LogP contribution in [0.25, 0.3) is 5.69 Å². The van der Waals surface area contributed by atoms with Gasteiger partial charge in [0.25, 0.3) is 0 Å². The van der Waals surface area contributed by atoms with E-state index < -0.39 is 17.5 Å². The first-order valence-electron chi connectivity index (χ1n) is 7.79. The van der Waals surface area contributed by atoms with Crippen LogP contribution in [0, 0.1) is 6.92 Å². The number of ether oxygens (including phenoxy) is 2. The van der Waals surface area contributed by atoms with Crippen molar-refractivity contribution in [1.82, 2.24) is 9.78 Å². The van der Waals surface area contributed by atoms with Gasteiger partial charge in [0.1, 0.15) is 5.60 Å². The van der Waals surface area contributed by atoms with Crippen LogP contribution in [0.15, 0.2) is 30.3 Å². The standard InChI is InChI=1S/C18H22N2O4/c1-6-23-17(22)15-10-12(2)19-20(15)14-9-7-8-13(11-14)16(21)24-18(3,4)5/h7-11H,6H2,1-5H3. The molecule has 0 amide bonds. The van der Waals surface area contributed by atoms with Crippen LogP contribution in [-0.2, 0) is 9.47 Å². The molecule has 6 nitrogen and oxygen atoms in total. The molecular weight excluding hydrogens is 308 g/mol. The average Bonchev–Trinajstić information content (AvgIpc) is 2.88. The number of carbonyl (C=O) groups excluding carboxylic acids is 2. The zero-order valence-corrected chi connectivity index (χ0v) is 14.6. The van der Waals surface area contributed by atoms with E-state index in [4.69, 9.17) is 9.47 Å². The molecule has 0 saturated heterocycles. The minimum atomic E-state index is -0.578. The van der Waals surface area contributed by atoms with Crippen LogP contribution in [0.2, 0.25) is 0 Å². The molecular formula is C18H22N2O4. The fourth-order valence-corrected chi connectivity index (χ4v) is 2.15. The minimum Gasteiger partial charge on any atom is -0.461 e. The SMILES string of the molecule is CCOC(=O)c1cc(C)nn1-c1cccc(C(=O)OC(C)(C)C)c1. The average molecular weight is 330 g/mol. The van der Waals surface area contributed by atoms with E-state index in [-0.39, 0.29) is 6.61 Å². The number of rotatable bonds is 4. The number of aromatic nitrogens is 2. The quantitative estimate of drug-likeness (QED) is 0.804. The maximum absolute atomic E-state index is 12.2. The number of esters is 2. The molecule has 2 rings (SSSR count). The molecule has 128 valence electrons. The van der Waals surface area contributed by atoms with Crippen molar-refractivity contribution in [2.45, 2.75) is 40.2 Å². The highest BCUT2D eigenvalue weighted by Gasteiger charge is 2.20. The maximum atomic E-state index is 12.2. The van der Waals surface area contributed by atoms with Crippen LogP contribution >= 0.6 is 0 Å². The van der Waals surface area contributed by atoms with Crippen molar-refractivity contribution in [3.63, 3.8) is 0 Å². The Hall–Kier alpha value is -2.63. The summed E-state index contributed by atoms with van der Waals surface area (Å²) in [6, 6.07) is 8.45. The van der Waals surface area contributed by atoms with Crippen LogP contribution in [0.4, 0.5) is 0 Å². The van der Waals surface area contributed by atoms with Gasteiger partial charge in [0, 0.05) is 0 Å². The molecule has 0 N–H and O–H groups in total. The second-order valence-corrected chi connectivity index (χ2v) is 6.36. The third-order valence-corrected chi connectivity index (χ3v) is 3.04. The minimum absolute atomic E-state index is 0.279. The molecule has 1 heterocycles. The van der Waals surface area contributed by atoms with Crippen molar-refractivity contribution < 1.29 is 19.1 Å². The van der Waals surface area contributed by atoms with Crippen molar-refractivity contribution >= 4 is 11.9 Å². The molecule has 6 heteroatoms. The van der Waals surface area contributed by atoms with E-state index in [1.165, 1.54) is 4.68 Å². The highest BCUT2D eigenvalue weighted by Crippen LogP contribution is 2.18. The van der Waals surface area contributed by atoms with Crippen molar-refractivity contribution in [1.29, 1.82) is 0 Å². The molecule has 0 aliphatic heterocycles. The van der Waals surface area contributed by atoms with Gasteiger partial charge < -0.3 is 9.47 Å². The third kappa shape index (κ3) is 4.22. The second kappa shape index (κ2) is 6.86. The maximum Gasteiger partial charge on any atom is 0.357 e. The summed E-state index contributed by atoms with van der Waals surface area (Å²) in [5.41, 5.74) is 1.40. The fourth-order valence-electron chi connectivity index (χ4n) is 2.15. The molecule has 0 saturated carbocycles. The molecule has 24 heavy (non-hydrogen) atoms. The predicted octanol–water partition coefficient (Wildman–Crippen LogP) is 3.31. The van der Waals surface area contributed by atoms with Gasteiger partial charge >= 0.3 is 11.9 Å². The van der Waals surface area contributed by atoms with Gasteiger partial charge in [0.05, 0.1) is 23.6 Å². The van der Waals surface area contributed by atoms with E-state index in [0.29, 0.717) is 22.6 Å². The Kier molecular flexibility index (Phi) is 5.07. The highest BCUT2D eigenvalue weighted by molar-refractivity contribution is 5.91. The van der Waals surface area contributed by atoms with Gasteiger partial charge in [0.15, 0.2) is 5.69 Å². The lowest BCUT2D eigenvalue weighted by atomic mass is 10.1. The van der Waals surface area contributed by atoms with E-state index in [1.807, 2.05) is 20.8 Å². The first kappa shape index (κ1) is 17.7. The Bertz CT molecular complexity index is 757. The summed E-state index contributed by atoms with van der Waals surface area (Å²) in [5, 5.41) is 4.32. The zero-order chi connectivity index (χ0) is 17.9. The van der Waals surface area contributed by atoms with Crippen LogP contribution in [0.5, 0.6) is 0 Å². The molecule has 0 aliphatic carbocycles. The van der Waals surface area contributed by atoms with Crippen LogP contribution < -0.4 is 0 Å². The van der Waals surface area contributed by atoms with Crippen LogP contribution in [0.1, 0.15) is 54.2 Å². The van der Waals surface area contributed by atoms with Gasteiger partial charge in [-0.3, -0.25) is 0 Å². The summed E-state index contributed by atoms with van der Waals surface area (Å²) in [4.78, 5) is 24.3. The van der Waals surface area contributed by atoms with Crippen LogP contribution in [-0.4, -0.2) is 33.9 Å². The molecule has 2 aromatic rings. The first-order valence-corrected chi connectivity index (χ1v) is 7.79. The Labute approximate surface area is 141 Å². The van der Waals surface area contributed by atoms with E-state index in [9.17, 15) is 9.59 Å². The molecule has 0 radical (unpaired) electrons. The lowest BCUT2D eigenvalue weighted by Crippen LogP contribution is -2.24. The summed E-state index contributed by atoms with van der Waals surface area (Å²) < 4.78 is 11.9. The van der Waals surface area contributed by atoms with Gasteiger partial charge in [-0.2, -0.15) is 5.10 Å². The molecule has 0 atom stereocenters. The second-order valence-electron chi connectivity index (χ2n) is 6.36. The lowest BCUT2D eigenvalue weighted by molar-refractivity contribution is 0.00693. The Balaban J connectivity index is 2.39. The number of hydrogen-bond donors (Lipinski definition) is 0. The lowest BCUT2D eigenvalue weighted by Gasteiger charge is -2.19. The molecule has 0 unspecified atom stereocenters. The van der Waals surface area contributed by atoms with E-state index in [2.05, 4.69) is 5.10 Å². The summed E-state index contributed by atoms with van der Waals surface area (Å²) in [6.07, 6.45) is 0. The topological polar surface area (TPSA) is 70.4 Å². The monoisotopic (exact) mass is 330 g/mol. The van der Waals surface area contributed by atoms with E-state index >= 15 is 0 Å². The van der Waals surface area contributed by atoms with Gasteiger partial charge in [-0.25, -0.2) is 14.3 Å². The number of benzene rings is 1. The van der Waals surface area contributed by atoms with Crippen molar-refractivity contribution in [3.8, 4) is 5.69 Å². The van der Waals surface area contributed by atoms with Gasteiger partial charge in [-0.1, -0.05) is 6.07 Å². The van der Waals surface area contributed by atoms with Crippen molar-refractivity contribution in [2.24, 2.45) is 0 Å². The van der Waals surface area contributed by atoms with Crippen LogP contribution in [0.3, 0.4) is 0 Å². The summed E-state index contributed by atoms with van der Waals surface area (Å²) >= 11 is 0. The predicted molar refractivity (Wildman–Crippen MR) is 89.4 cm³/mol. The Morgan fingerprint density at radius 1 is 1.17 bits per heavy atom. The summed E-state index contributed by atoms with van der Waals surface area (Å²) in [7, 11) is 0. The molecule has 0 spiro atoms. The third-order valence-electron chi connectivity index (χ3n) is 3.04. The van der Waals surface area contributed by atoms with Crippen molar-refractivity contribution in [3.05, 3.63) is 47.3 Å². The van der Waals surface area contributed by atoms with Crippen molar-refractivity contribution in [2.75, 3.05) is 6.61 Å². The summed E-state index contributed by atoms with van der Waals surface area (Å²) in [6.45, 7) is 9.24. The smallest absolute Gasteiger partial charge is 0.357 e.